The Hall–Kier alpha value is -2.23. The fraction of sp³-hybridized carbons (Fsp3) is 0.630. The zero-order valence-corrected chi connectivity index (χ0v) is 22.6. The SMILES string of the molecule is CCCCCCCCS(=O)(=O)N1CCc2nc(Cc3ccccc3OC)nc(N3CCOCC3)c2C1. The number of anilines is 1. The third kappa shape index (κ3) is 6.75. The summed E-state index contributed by atoms with van der Waals surface area (Å²) in [5, 5.41) is 0. The largest absolute Gasteiger partial charge is 0.496 e. The Balaban J connectivity index is 1.54. The van der Waals surface area contributed by atoms with Gasteiger partial charge in [0.1, 0.15) is 17.4 Å². The molecule has 8 nitrogen and oxygen atoms in total. The van der Waals surface area contributed by atoms with Crippen LogP contribution >= 0.6 is 0 Å². The Kier molecular flexibility index (Phi) is 9.56. The Morgan fingerprint density at radius 2 is 1.75 bits per heavy atom. The average Bonchev–Trinajstić information content (AvgIpc) is 2.90. The van der Waals surface area contributed by atoms with Crippen molar-refractivity contribution in [2.24, 2.45) is 0 Å². The standard InChI is InChI=1S/C27H40N4O4S/c1-3-4-5-6-7-10-19-36(32,33)31-14-13-24-23(21-31)27(30-15-17-35-18-16-30)29-26(28-24)20-22-11-8-9-12-25(22)34-2/h8-9,11-12H,3-7,10,13-21H2,1-2H3. The Morgan fingerprint density at radius 3 is 2.53 bits per heavy atom. The summed E-state index contributed by atoms with van der Waals surface area (Å²) in [6.07, 6.45) is 7.57. The Labute approximate surface area is 216 Å². The maximum absolute atomic E-state index is 13.2. The quantitative estimate of drug-likeness (QED) is 0.395. The van der Waals surface area contributed by atoms with Crippen molar-refractivity contribution < 1.29 is 17.9 Å². The van der Waals surface area contributed by atoms with Crippen LogP contribution in [0.3, 0.4) is 0 Å². The van der Waals surface area contributed by atoms with Crippen LogP contribution in [-0.2, 0) is 34.1 Å². The second kappa shape index (κ2) is 12.8. The third-order valence-electron chi connectivity index (χ3n) is 7.05. The van der Waals surface area contributed by atoms with Crippen molar-refractivity contribution in [1.29, 1.82) is 0 Å². The number of morpholine rings is 1. The molecule has 0 N–H and O–H groups in total. The van der Waals surface area contributed by atoms with Crippen LogP contribution in [0, 0.1) is 0 Å². The minimum absolute atomic E-state index is 0.216. The molecule has 2 aliphatic heterocycles. The summed E-state index contributed by atoms with van der Waals surface area (Å²) in [6, 6.07) is 7.93. The first-order chi connectivity index (χ1) is 17.5. The van der Waals surface area contributed by atoms with E-state index in [0.29, 0.717) is 39.1 Å². The molecule has 0 unspecified atom stereocenters. The van der Waals surface area contributed by atoms with E-state index in [0.717, 1.165) is 66.6 Å². The first-order valence-electron chi connectivity index (χ1n) is 13.3. The lowest BCUT2D eigenvalue weighted by molar-refractivity contribution is 0.122. The van der Waals surface area contributed by atoms with Gasteiger partial charge in [-0.15, -0.1) is 0 Å². The van der Waals surface area contributed by atoms with E-state index in [1.807, 2.05) is 24.3 Å². The van der Waals surface area contributed by atoms with E-state index in [1.165, 1.54) is 19.3 Å². The average molecular weight is 517 g/mol. The van der Waals surface area contributed by atoms with Crippen LogP contribution in [0.1, 0.15) is 68.1 Å². The van der Waals surface area contributed by atoms with E-state index in [9.17, 15) is 8.42 Å². The normalized spacial score (nSPS) is 16.7. The van der Waals surface area contributed by atoms with Crippen molar-refractivity contribution in [3.63, 3.8) is 0 Å². The molecule has 4 rings (SSSR count). The van der Waals surface area contributed by atoms with Crippen molar-refractivity contribution >= 4 is 15.8 Å². The van der Waals surface area contributed by atoms with Crippen LogP contribution in [0.4, 0.5) is 5.82 Å². The number of hydrogen-bond donors (Lipinski definition) is 0. The minimum atomic E-state index is -3.32. The monoisotopic (exact) mass is 516 g/mol. The summed E-state index contributed by atoms with van der Waals surface area (Å²) in [6.45, 7) is 5.76. The number of aromatic nitrogens is 2. The van der Waals surface area contributed by atoms with Gasteiger partial charge in [-0.05, 0) is 12.5 Å². The molecule has 0 atom stereocenters. The number of unbranched alkanes of at least 4 members (excludes halogenated alkanes) is 5. The summed E-state index contributed by atoms with van der Waals surface area (Å²) < 4.78 is 39.1. The maximum Gasteiger partial charge on any atom is 0.214 e. The van der Waals surface area contributed by atoms with Gasteiger partial charge in [0.25, 0.3) is 0 Å². The summed E-state index contributed by atoms with van der Waals surface area (Å²) in [7, 11) is -1.64. The van der Waals surface area contributed by atoms with E-state index >= 15 is 0 Å². The van der Waals surface area contributed by atoms with Crippen molar-refractivity contribution in [2.75, 3.05) is 50.6 Å². The maximum atomic E-state index is 13.2. The number of rotatable bonds is 12. The summed E-state index contributed by atoms with van der Waals surface area (Å²) in [5.41, 5.74) is 2.94. The number of methoxy groups -OCH3 is 1. The molecule has 9 heteroatoms. The first-order valence-corrected chi connectivity index (χ1v) is 14.9. The molecular formula is C27H40N4O4S. The van der Waals surface area contributed by atoms with E-state index in [4.69, 9.17) is 19.4 Å². The van der Waals surface area contributed by atoms with Crippen molar-refractivity contribution in [2.45, 2.75) is 64.8 Å². The van der Waals surface area contributed by atoms with Gasteiger partial charge in [-0.3, -0.25) is 0 Å². The lowest BCUT2D eigenvalue weighted by atomic mass is 10.1. The summed E-state index contributed by atoms with van der Waals surface area (Å²) >= 11 is 0. The van der Waals surface area contributed by atoms with Crippen molar-refractivity contribution in [3.05, 3.63) is 46.9 Å². The first kappa shape index (κ1) is 26.8. The third-order valence-corrected chi connectivity index (χ3v) is 8.95. The molecule has 0 amide bonds. The second-order valence-corrected chi connectivity index (χ2v) is 11.7. The summed E-state index contributed by atoms with van der Waals surface area (Å²) in [5.74, 6) is 2.63. The van der Waals surface area contributed by atoms with Gasteiger partial charge in [-0.25, -0.2) is 18.4 Å². The Morgan fingerprint density at radius 1 is 1.00 bits per heavy atom. The fourth-order valence-corrected chi connectivity index (χ4v) is 6.51. The molecule has 0 aliphatic carbocycles. The van der Waals surface area contributed by atoms with Crippen molar-refractivity contribution in [3.8, 4) is 5.75 Å². The molecule has 0 bridgehead atoms. The van der Waals surface area contributed by atoms with E-state index in [-0.39, 0.29) is 5.75 Å². The topological polar surface area (TPSA) is 84.9 Å². The molecule has 1 aromatic heterocycles. The van der Waals surface area contributed by atoms with Gasteiger partial charge >= 0.3 is 0 Å². The molecule has 0 saturated carbocycles. The molecule has 0 radical (unpaired) electrons. The van der Waals surface area contributed by atoms with Gasteiger partial charge in [-0.1, -0.05) is 57.2 Å². The van der Waals surface area contributed by atoms with Gasteiger partial charge in [0, 0.05) is 50.1 Å². The fourth-order valence-electron chi connectivity index (χ4n) is 4.99. The number of fused-ring (bicyclic) bond motifs is 1. The second-order valence-electron chi connectivity index (χ2n) is 9.64. The Bertz CT molecular complexity index is 1100. The zero-order chi connectivity index (χ0) is 25.4. The highest BCUT2D eigenvalue weighted by molar-refractivity contribution is 7.89. The molecule has 2 aliphatic rings. The van der Waals surface area contributed by atoms with Gasteiger partial charge in [0.2, 0.25) is 10.0 Å². The highest BCUT2D eigenvalue weighted by atomic mass is 32.2. The van der Waals surface area contributed by atoms with Gasteiger partial charge in [0.05, 0.1) is 31.8 Å². The molecule has 3 heterocycles. The molecule has 0 spiro atoms. The highest BCUT2D eigenvalue weighted by Gasteiger charge is 2.31. The van der Waals surface area contributed by atoms with E-state index in [1.54, 1.807) is 11.4 Å². The lowest BCUT2D eigenvalue weighted by Crippen LogP contribution is -2.42. The van der Waals surface area contributed by atoms with Crippen LogP contribution in [0.25, 0.3) is 0 Å². The number of nitrogens with zero attached hydrogens (tertiary/aromatic N) is 4. The van der Waals surface area contributed by atoms with Crippen LogP contribution in [0.15, 0.2) is 24.3 Å². The molecule has 2 aromatic rings. The summed E-state index contributed by atoms with van der Waals surface area (Å²) in [4.78, 5) is 12.1. The molecule has 1 aromatic carbocycles. The van der Waals surface area contributed by atoms with Gasteiger partial charge in [-0.2, -0.15) is 4.31 Å². The number of hydrogen-bond acceptors (Lipinski definition) is 7. The predicted octanol–water partition coefficient (Wildman–Crippen LogP) is 3.96. The molecular weight excluding hydrogens is 476 g/mol. The molecule has 1 fully saturated rings. The van der Waals surface area contributed by atoms with Gasteiger partial charge in [0.15, 0.2) is 0 Å². The number of para-hydroxylation sites is 1. The zero-order valence-electron chi connectivity index (χ0n) is 21.7. The predicted molar refractivity (Wildman–Crippen MR) is 142 cm³/mol. The van der Waals surface area contributed by atoms with Crippen molar-refractivity contribution in [1.82, 2.24) is 14.3 Å². The molecule has 36 heavy (non-hydrogen) atoms. The van der Waals surface area contributed by atoms with E-state index < -0.39 is 10.0 Å². The number of ether oxygens (including phenoxy) is 2. The smallest absolute Gasteiger partial charge is 0.214 e. The van der Waals surface area contributed by atoms with Crippen LogP contribution in [0.5, 0.6) is 5.75 Å². The van der Waals surface area contributed by atoms with Gasteiger partial charge < -0.3 is 14.4 Å². The number of sulfonamides is 1. The highest BCUT2D eigenvalue weighted by Crippen LogP contribution is 2.30. The lowest BCUT2D eigenvalue weighted by Gasteiger charge is -2.34. The van der Waals surface area contributed by atoms with Crippen LogP contribution in [0.2, 0.25) is 0 Å². The van der Waals surface area contributed by atoms with Crippen LogP contribution in [-0.4, -0.2) is 68.4 Å². The van der Waals surface area contributed by atoms with E-state index in [2.05, 4.69) is 11.8 Å². The molecule has 1 saturated heterocycles. The number of benzene rings is 1. The minimum Gasteiger partial charge on any atom is -0.496 e. The van der Waals surface area contributed by atoms with Crippen LogP contribution < -0.4 is 9.64 Å². The molecule has 198 valence electrons.